The molecule has 0 unspecified atom stereocenters. The Labute approximate surface area is 160 Å². The molecule has 2 aromatic carbocycles. The van der Waals surface area contributed by atoms with Crippen LogP contribution in [0.1, 0.15) is 10.4 Å². The second-order valence-corrected chi connectivity index (χ2v) is 6.32. The van der Waals surface area contributed by atoms with Crippen molar-refractivity contribution in [2.75, 3.05) is 18.5 Å². The van der Waals surface area contributed by atoms with Crippen molar-refractivity contribution >= 4 is 17.4 Å². The molecular weight excluding hydrogens is 356 g/mol. The van der Waals surface area contributed by atoms with Crippen LogP contribution >= 0.6 is 0 Å². The van der Waals surface area contributed by atoms with Crippen molar-refractivity contribution in [2.45, 2.75) is 0 Å². The number of ether oxygens (including phenoxy) is 2. The lowest BCUT2D eigenvalue weighted by atomic mass is 10.1. The molecule has 7 heteroatoms. The molecule has 5 rings (SSSR count). The van der Waals surface area contributed by atoms with E-state index in [2.05, 4.69) is 15.3 Å². The van der Waals surface area contributed by atoms with Crippen molar-refractivity contribution in [2.24, 2.45) is 0 Å². The van der Waals surface area contributed by atoms with Crippen molar-refractivity contribution in [3.05, 3.63) is 72.7 Å². The molecule has 0 atom stereocenters. The highest BCUT2D eigenvalue weighted by Crippen LogP contribution is 2.34. The number of amides is 1. The predicted octanol–water partition coefficient (Wildman–Crippen LogP) is 3.42. The van der Waals surface area contributed by atoms with Gasteiger partial charge in [0.1, 0.15) is 13.2 Å². The average molecular weight is 372 g/mol. The highest BCUT2D eigenvalue weighted by molar-refractivity contribution is 6.07. The number of hydrogen-bond donors (Lipinski definition) is 1. The summed E-state index contributed by atoms with van der Waals surface area (Å²) in [6, 6.07) is 14.7. The number of carbonyl (C=O) groups excluding carboxylic acids is 1. The smallest absolute Gasteiger partial charge is 0.259 e. The summed E-state index contributed by atoms with van der Waals surface area (Å²) in [5.74, 6) is 1.44. The van der Waals surface area contributed by atoms with E-state index in [9.17, 15) is 4.79 Å². The van der Waals surface area contributed by atoms with Gasteiger partial charge in [-0.3, -0.25) is 9.20 Å². The van der Waals surface area contributed by atoms with Gasteiger partial charge >= 0.3 is 0 Å². The Bertz CT molecular complexity index is 1150. The Morgan fingerprint density at radius 2 is 1.96 bits per heavy atom. The fourth-order valence-corrected chi connectivity index (χ4v) is 3.18. The lowest BCUT2D eigenvalue weighted by Gasteiger charge is -2.20. The third-order valence-corrected chi connectivity index (χ3v) is 4.46. The topological polar surface area (TPSA) is 77.8 Å². The molecule has 0 spiro atoms. The van der Waals surface area contributed by atoms with Gasteiger partial charge in [0, 0.05) is 29.8 Å². The zero-order valence-corrected chi connectivity index (χ0v) is 14.8. The van der Waals surface area contributed by atoms with Gasteiger partial charge in [-0.05, 0) is 30.3 Å². The second-order valence-electron chi connectivity index (χ2n) is 6.32. The van der Waals surface area contributed by atoms with Crippen LogP contribution in [0.5, 0.6) is 11.5 Å². The van der Waals surface area contributed by atoms with Crippen molar-refractivity contribution in [1.82, 2.24) is 14.4 Å². The third kappa shape index (κ3) is 2.92. The predicted molar refractivity (Wildman–Crippen MR) is 104 cm³/mol. The van der Waals surface area contributed by atoms with Crippen LogP contribution in [-0.2, 0) is 0 Å². The molecule has 1 aliphatic heterocycles. The SMILES string of the molecule is O=C(Nc1cccc(-c2cn3cccnc3n2)c1)c1cccc2c1OCCO2. The van der Waals surface area contributed by atoms with Gasteiger partial charge in [-0.1, -0.05) is 18.2 Å². The van der Waals surface area contributed by atoms with E-state index < -0.39 is 0 Å². The second kappa shape index (κ2) is 6.70. The summed E-state index contributed by atoms with van der Waals surface area (Å²) in [6.45, 7) is 0.905. The van der Waals surface area contributed by atoms with E-state index in [-0.39, 0.29) is 5.91 Å². The fourth-order valence-electron chi connectivity index (χ4n) is 3.18. The lowest BCUT2D eigenvalue weighted by Crippen LogP contribution is -2.20. The Kier molecular flexibility index (Phi) is 3.90. The number of nitrogens with zero attached hydrogens (tertiary/aromatic N) is 3. The molecule has 0 bridgehead atoms. The van der Waals surface area contributed by atoms with Crippen LogP contribution in [0.2, 0.25) is 0 Å². The molecule has 0 saturated carbocycles. The van der Waals surface area contributed by atoms with Gasteiger partial charge in [0.25, 0.3) is 5.91 Å². The molecule has 0 fully saturated rings. The van der Waals surface area contributed by atoms with Crippen molar-refractivity contribution in [3.63, 3.8) is 0 Å². The number of para-hydroxylation sites is 1. The molecule has 7 nitrogen and oxygen atoms in total. The summed E-state index contributed by atoms with van der Waals surface area (Å²) in [7, 11) is 0. The van der Waals surface area contributed by atoms with E-state index in [1.807, 2.05) is 47.1 Å². The van der Waals surface area contributed by atoms with Crippen molar-refractivity contribution in [1.29, 1.82) is 0 Å². The van der Waals surface area contributed by atoms with E-state index in [0.717, 1.165) is 11.3 Å². The quantitative estimate of drug-likeness (QED) is 0.596. The molecule has 1 N–H and O–H groups in total. The fraction of sp³-hybridized carbons (Fsp3) is 0.0952. The van der Waals surface area contributed by atoms with Crippen LogP contribution in [-0.4, -0.2) is 33.5 Å². The van der Waals surface area contributed by atoms with E-state index in [0.29, 0.717) is 41.7 Å². The zero-order chi connectivity index (χ0) is 18.9. The van der Waals surface area contributed by atoms with Gasteiger partial charge in [-0.2, -0.15) is 0 Å². The first kappa shape index (κ1) is 16.3. The first-order valence-corrected chi connectivity index (χ1v) is 8.88. The third-order valence-electron chi connectivity index (χ3n) is 4.46. The largest absolute Gasteiger partial charge is 0.486 e. The zero-order valence-electron chi connectivity index (χ0n) is 14.8. The molecule has 0 saturated heterocycles. The number of anilines is 1. The molecule has 138 valence electrons. The number of aromatic nitrogens is 3. The highest BCUT2D eigenvalue weighted by atomic mass is 16.6. The van der Waals surface area contributed by atoms with Crippen molar-refractivity contribution in [3.8, 4) is 22.8 Å². The molecule has 2 aromatic heterocycles. The summed E-state index contributed by atoms with van der Waals surface area (Å²) in [4.78, 5) is 21.6. The van der Waals surface area contributed by atoms with Crippen LogP contribution in [0, 0.1) is 0 Å². The number of nitrogens with one attached hydrogen (secondary N) is 1. The molecule has 28 heavy (non-hydrogen) atoms. The molecule has 3 heterocycles. The van der Waals surface area contributed by atoms with Crippen LogP contribution < -0.4 is 14.8 Å². The van der Waals surface area contributed by atoms with E-state index in [4.69, 9.17) is 9.47 Å². The summed E-state index contributed by atoms with van der Waals surface area (Å²) in [5.41, 5.74) is 2.78. The van der Waals surface area contributed by atoms with Crippen LogP contribution in [0.25, 0.3) is 17.0 Å². The molecule has 1 aliphatic rings. The Morgan fingerprint density at radius 3 is 2.89 bits per heavy atom. The molecule has 4 aromatic rings. The number of rotatable bonds is 3. The summed E-state index contributed by atoms with van der Waals surface area (Å²) in [6.07, 6.45) is 5.50. The average Bonchev–Trinajstić information content (AvgIpc) is 3.18. The van der Waals surface area contributed by atoms with Gasteiger partial charge in [0.2, 0.25) is 5.78 Å². The molecule has 1 amide bonds. The first-order valence-electron chi connectivity index (χ1n) is 8.88. The minimum atomic E-state index is -0.254. The maximum Gasteiger partial charge on any atom is 0.259 e. The number of carbonyl (C=O) groups is 1. The molecular formula is C21H16N4O3. The number of imidazole rings is 1. The standard InChI is InChI=1S/C21H16N4O3/c26-20(16-6-2-7-18-19(16)28-11-10-27-18)23-15-5-1-4-14(12-15)17-13-25-9-3-8-22-21(25)24-17/h1-9,12-13H,10-11H2,(H,23,26). The van der Waals surface area contributed by atoms with E-state index >= 15 is 0 Å². The normalized spacial score (nSPS) is 12.7. The minimum Gasteiger partial charge on any atom is -0.486 e. The van der Waals surface area contributed by atoms with Crippen LogP contribution in [0.3, 0.4) is 0 Å². The first-order chi connectivity index (χ1) is 13.8. The summed E-state index contributed by atoms with van der Waals surface area (Å²) >= 11 is 0. The Morgan fingerprint density at radius 1 is 1.07 bits per heavy atom. The highest BCUT2D eigenvalue weighted by Gasteiger charge is 2.20. The van der Waals surface area contributed by atoms with Crippen molar-refractivity contribution < 1.29 is 14.3 Å². The minimum absolute atomic E-state index is 0.254. The van der Waals surface area contributed by atoms with Gasteiger partial charge in [0.05, 0.1) is 11.3 Å². The lowest BCUT2D eigenvalue weighted by molar-refractivity contribution is 0.101. The number of benzene rings is 2. The van der Waals surface area contributed by atoms with Crippen LogP contribution in [0.4, 0.5) is 5.69 Å². The maximum atomic E-state index is 12.8. The van der Waals surface area contributed by atoms with Gasteiger partial charge in [-0.25, -0.2) is 9.97 Å². The van der Waals surface area contributed by atoms with Crippen LogP contribution in [0.15, 0.2) is 67.1 Å². The number of fused-ring (bicyclic) bond motifs is 2. The van der Waals surface area contributed by atoms with Gasteiger partial charge in [-0.15, -0.1) is 0 Å². The molecule has 0 radical (unpaired) electrons. The van der Waals surface area contributed by atoms with Gasteiger partial charge < -0.3 is 14.8 Å². The number of hydrogen-bond acceptors (Lipinski definition) is 5. The van der Waals surface area contributed by atoms with E-state index in [1.165, 1.54) is 0 Å². The monoisotopic (exact) mass is 372 g/mol. The Hall–Kier alpha value is -3.87. The Balaban J connectivity index is 1.43. The van der Waals surface area contributed by atoms with Gasteiger partial charge in [0.15, 0.2) is 11.5 Å². The van der Waals surface area contributed by atoms with E-state index in [1.54, 1.807) is 24.4 Å². The summed E-state index contributed by atoms with van der Waals surface area (Å²) in [5, 5.41) is 2.93. The summed E-state index contributed by atoms with van der Waals surface area (Å²) < 4.78 is 13.0. The maximum absolute atomic E-state index is 12.8. The molecule has 0 aliphatic carbocycles.